The highest BCUT2D eigenvalue weighted by Crippen LogP contribution is 2.06. The summed E-state index contributed by atoms with van der Waals surface area (Å²) >= 11 is 0. The van der Waals surface area contributed by atoms with Gasteiger partial charge < -0.3 is 25.4 Å². The van der Waals surface area contributed by atoms with Crippen LogP contribution in [0.4, 0.5) is 0 Å². The van der Waals surface area contributed by atoms with Gasteiger partial charge in [-0.2, -0.15) is 0 Å². The first kappa shape index (κ1) is 25.6. The molecule has 0 saturated carbocycles. The SMILES string of the molecule is CCNC(=O)c1cccc(CN=C(NCC)NCCCOCCOC)c1.I. The zero-order valence-corrected chi connectivity index (χ0v) is 18.9. The van der Waals surface area contributed by atoms with E-state index in [2.05, 4.69) is 20.9 Å². The molecule has 0 atom stereocenters. The number of carbonyl (C=O) groups is 1. The predicted molar refractivity (Wildman–Crippen MR) is 120 cm³/mol. The third-order valence-electron chi connectivity index (χ3n) is 3.48. The number of hydrogen-bond acceptors (Lipinski definition) is 4. The van der Waals surface area contributed by atoms with Crippen LogP contribution in [-0.2, 0) is 16.0 Å². The molecule has 0 bridgehead atoms. The first-order valence-electron chi connectivity index (χ1n) is 9.17. The van der Waals surface area contributed by atoms with Crippen LogP contribution in [-0.4, -0.2) is 58.4 Å². The minimum Gasteiger partial charge on any atom is -0.382 e. The summed E-state index contributed by atoms with van der Waals surface area (Å²) in [6.45, 7) is 8.54. The maximum absolute atomic E-state index is 11.9. The van der Waals surface area contributed by atoms with Crippen molar-refractivity contribution in [2.75, 3.05) is 46.6 Å². The Labute approximate surface area is 179 Å². The third kappa shape index (κ3) is 11.8. The third-order valence-corrected chi connectivity index (χ3v) is 3.48. The van der Waals surface area contributed by atoms with Gasteiger partial charge in [-0.05, 0) is 38.0 Å². The number of carbonyl (C=O) groups excluding carboxylic acids is 1. The number of ether oxygens (including phenoxy) is 2. The van der Waals surface area contributed by atoms with Crippen molar-refractivity contribution in [3.8, 4) is 0 Å². The smallest absolute Gasteiger partial charge is 0.251 e. The van der Waals surface area contributed by atoms with Crippen LogP contribution < -0.4 is 16.0 Å². The highest BCUT2D eigenvalue weighted by Gasteiger charge is 2.04. The molecule has 154 valence electrons. The van der Waals surface area contributed by atoms with E-state index in [-0.39, 0.29) is 29.9 Å². The number of rotatable bonds is 12. The van der Waals surface area contributed by atoms with E-state index in [9.17, 15) is 4.79 Å². The fourth-order valence-corrected chi connectivity index (χ4v) is 2.21. The lowest BCUT2D eigenvalue weighted by atomic mass is 10.1. The molecule has 0 fully saturated rings. The molecule has 1 amide bonds. The quantitative estimate of drug-likeness (QED) is 0.180. The van der Waals surface area contributed by atoms with Gasteiger partial charge in [0.1, 0.15) is 0 Å². The molecule has 0 aliphatic heterocycles. The van der Waals surface area contributed by atoms with Crippen LogP contribution in [0.15, 0.2) is 29.3 Å². The van der Waals surface area contributed by atoms with Gasteiger partial charge in [-0.25, -0.2) is 4.99 Å². The summed E-state index contributed by atoms with van der Waals surface area (Å²) in [5, 5.41) is 9.32. The predicted octanol–water partition coefficient (Wildman–Crippen LogP) is 2.16. The minimum atomic E-state index is -0.0585. The molecular formula is C19H33IN4O3. The molecule has 7 nitrogen and oxygen atoms in total. The zero-order valence-electron chi connectivity index (χ0n) is 16.5. The van der Waals surface area contributed by atoms with Crippen LogP contribution in [0.5, 0.6) is 0 Å². The number of halogens is 1. The molecular weight excluding hydrogens is 459 g/mol. The van der Waals surface area contributed by atoms with Gasteiger partial charge in [0.05, 0.1) is 19.8 Å². The van der Waals surface area contributed by atoms with Gasteiger partial charge in [-0.3, -0.25) is 4.79 Å². The number of methoxy groups -OCH3 is 1. The second-order valence-electron chi connectivity index (χ2n) is 5.64. The Morgan fingerprint density at radius 2 is 1.85 bits per heavy atom. The summed E-state index contributed by atoms with van der Waals surface area (Å²) in [7, 11) is 1.66. The molecule has 0 spiro atoms. The average molecular weight is 492 g/mol. The van der Waals surface area contributed by atoms with Crippen molar-refractivity contribution >= 4 is 35.8 Å². The molecule has 1 rings (SSSR count). The van der Waals surface area contributed by atoms with Crippen LogP contribution in [0.25, 0.3) is 0 Å². The fourth-order valence-electron chi connectivity index (χ4n) is 2.21. The molecule has 0 aliphatic carbocycles. The topological polar surface area (TPSA) is 84.0 Å². The molecule has 0 heterocycles. The van der Waals surface area contributed by atoms with Gasteiger partial charge >= 0.3 is 0 Å². The lowest BCUT2D eigenvalue weighted by Gasteiger charge is -2.11. The summed E-state index contributed by atoms with van der Waals surface area (Å²) in [5.74, 6) is 0.699. The van der Waals surface area contributed by atoms with Crippen LogP contribution in [0.3, 0.4) is 0 Å². The second kappa shape index (κ2) is 16.8. The molecule has 0 aliphatic rings. The second-order valence-corrected chi connectivity index (χ2v) is 5.64. The summed E-state index contributed by atoms with van der Waals surface area (Å²) < 4.78 is 10.4. The van der Waals surface area contributed by atoms with Crippen molar-refractivity contribution in [2.24, 2.45) is 4.99 Å². The first-order valence-corrected chi connectivity index (χ1v) is 9.17. The van der Waals surface area contributed by atoms with E-state index >= 15 is 0 Å². The van der Waals surface area contributed by atoms with Gasteiger partial charge in [0.25, 0.3) is 5.91 Å². The van der Waals surface area contributed by atoms with Gasteiger partial charge in [-0.15, -0.1) is 24.0 Å². The highest BCUT2D eigenvalue weighted by molar-refractivity contribution is 14.0. The molecule has 8 heteroatoms. The molecule has 1 aromatic carbocycles. The standard InChI is InChI=1S/C19H32N4O3.HI/c1-4-20-18(24)17-9-6-8-16(14-17)15-23-19(21-5-2)22-10-7-11-26-13-12-25-3;/h6,8-9,14H,4-5,7,10-13,15H2,1-3H3,(H,20,24)(H2,21,22,23);1H. The van der Waals surface area contributed by atoms with Crippen molar-refractivity contribution < 1.29 is 14.3 Å². The van der Waals surface area contributed by atoms with E-state index in [1.807, 2.05) is 38.1 Å². The van der Waals surface area contributed by atoms with E-state index in [1.165, 1.54) is 0 Å². The molecule has 3 N–H and O–H groups in total. The lowest BCUT2D eigenvalue weighted by molar-refractivity contribution is 0.0698. The van der Waals surface area contributed by atoms with Crippen molar-refractivity contribution in [3.05, 3.63) is 35.4 Å². The minimum absolute atomic E-state index is 0. The van der Waals surface area contributed by atoms with Gasteiger partial charge in [0.15, 0.2) is 5.96 Å². The molecule has 0 aromatic heterocycles. The number of guanidine groups is 1. The van der Waals surface area contributed by atoms with Crippen LogP contribution in [0.2, 0.25) is 0 Å². The number of nitrogens with one attached hydrogen (secondary N) is 3. The van der Waals surface area contributed by atoms with Gasteiger partial charge in [0.2, 0.25) is 0 Å². The summed E-state index contributed by atoms with van der Waals surface area (Å²) in [6, 6.07) is 7.54. The van der Waals surface area contributed by atoms with Crippen LogP contribution >= 0.6 is 24.0 Å². The van der Waals surface area contributed by atoms with Crippen molar-refractivity contribution in [1.29, 1.82) is 0 Å². The van der Waals surface area contributed by atoms with Crippen LogP contribution in [0, 0.1) is 0 Å². The summed E-state index contributed by atoms with van der Waals surface area (Å²) in [4.78, 5) is 16.5. The summed E-state index contributed by atoms with van der Waals surface area (Å²) in [5.41, 5.74) is 1.65. The van der Waals surface area contributed by atoms with E-state index in [0.717, 1.165) is 31.0 Å². The Morgan fingerprint density at radius 1 is 1.07 bits per heavy atom. The molecule has 0 saturated heterocycles. The molecule has 1 aromatic rings. The van der Waals surface area contributed by atoms with E-state index in [4.69, 9.17) is 9.47 Å². The molecule has 27 heavy (non-hydrogen) atoms. The first-order chi connectivity index (χ1) is 12.7. The van der Waals surface area contributed by atoms with Gasteiger partial charge in [0, 0.05) is 38.9 Å². The number of benzene rings is 1. The Morgan fingerprint density at radius 3 is 2.56 bits per heavy atom. The van der Waals surface area contributed by atoms with Crippen molar-refractivity contribution in [2.45, 2.75) is 26.8 Å². The zero-order chi connectivity index (χ0) is 19.0. The maximum atomic E-state index is 11.9. The monoisotopic (exact) mass is 492 g/mol. The lowest BCUT2D eigenvalue weighted by Crippen LogP contribution is -2.38. The van der Waals surface area contributed by atoms with Crippen molar-refractivity contribution in [3.63, 3.8) is 0 Å². The Hall–Kier alpha value is -1.39. The summed E-state index contributed by atoms with van der Waals surface area (Å²) in [6.07, 6.45) is 0.890. The Balaban J connectivity index is 0.00000676. The average Bonchev–Trinajstić information content (AvgIpc) is 2.65. The van der Waals surface area contributed by atoms with Gasteiger partial charge in [-0.1, -0.05) is 12.1 Å². The fraction of sp³-hybridized carbons (Fsp3) is 0.579. The molecule has 0 radical (unpaired) electrons. The Bertz CT molecular complexity index is 556. The molecule has 0 unspecified atom stereocenters. The normalized spacial score (nSPS) is 10.9. The number of aliphatic imine (C=N–C) groups is 1. The van der Waals surface area contributed by atoms with E-state index in [0.29, 0.717) is 38.5 Å². The van der Waals surface area contributed by atoms with Crippen LogP contribution in [0.1, 0.15) is 36.2 Å². The highest BCUT2D eigenvalue weighted by atomic mass is 127. The van der Waals surface area contributed by atoms with E-state index in [1.54, 1.807) is 7.11 Å². The van der Waals surface area contributed by atoms with E-state index < -0.39 is 0 Å². The largest absolute Gasteiger partial charge is 0.382 e. The maximum Gasteiger partial charge on any atom is 0.251 e. The number of hydrogen-bond donors (Lipinski definition) is 3. The van der Waals surface area contributed by atoms with Crippen molar-refractivity contribution in [1.82, 2.24) is 16.0 Å². The number of amides is 1. The number of nitrogens with zero attached hydrogens (tertiary/aromatic N) is 1. The Kier molecular flexibility index (Phi) is 15.9.